The first-order chi connectivity index (χ1) is 13.6. The van der Waals surface area contributed by atoms with Crippen molar-refractivity contribution in [3.8, 4) is 5.75 Å². The number of urea groups is 1. The van der Waals surface area contributed by atoms with Gasteiger partial charge in [0.25, 0.3) is 0 Å². The molecule has 2 heterocycles. The first kappa shape index (κ1) is 19.9. The maximum Gasteiger partial charge on any atom is 0.317 e. The van der Waals surface area contributed by atoms with Crippen molar-refractivity contribution in [3.63, 3.8) is 0 Å². The molecule has 0 spiro atoms. The lowest BCUT2D eigenvalue weighted by atomic mass is 10.1. The summed E-state index contributed by atoms with van der Waals surface area (Å²) in [6.07, 6.45) is 5.55. The summed E-state index contributed by atoms with van der Waals surface area (Å²) in [5.74, 6) is 1.28. The summed E-state index contributed by atoms with van der Waals surface area (Å²) < 4.78 is 18.4. The summed E-state index contributed by atoms with van der Waals surface area (Å²) in [5.41, 5.74) is 0.963. The first-order valence-electron chi connectivity index (χ1n) is 9.69. The molecule has 1 N–H and O–H groups in total. The molecule has 1 aliphatic heterocycles. The number of likely N-dealkylation sites (N-methyl/N-ethyl adjacent to an activating group) is 1. The largest absolute Gasteiger partial charge is 0.492 e. The molecule has 6 nitrogen and oxygen atoms in total. The molecule has 0 radical (unpaired) electrons. The Labute approximate surface area is 165 Å². The van der Waals surface area contributed by atoms with Gasteiger partial charge in [-0.3, -0.25) is 0 Å². The predicted octanol–water partition coefficient (Wildman–Crippen LogP) is 3.43. The molecule has 28 heavy (non-hydrogen) atoms. The van der Waals surface area contributed by atoms with Crippen molar-refractivity contribution >= 4 is 11.8 Å². The molecular weight excluding hydrogens is 359 g/mol. The lowest BCUT2D eigenvalue weighted by Gasteiger charge is -2.27. The number of pyridine rings is 1. The molecule has 3 rings (SSSR count). The third-order valence-corrected chi connectivity index (χ3v) is 4.79. The molecule has 7 heteroatoms. The molecule has 0 aliphatic carbocycles. The van der Waals surface area contributed by atoms with E-state index in [4.69, 9.17) is 4.74 Å². The number of benzene rings is 1. The zero-order chi connectivity index (χ0) is 19.8. The number of anilines is 1. The molecule has 0 atom stereocenters. The third-order valence-electron chi connectivity index (χ3n) is 4.79. The van der Waals surface area contributed by atoms with Gasteiger partial charge in [0.05, 0.1) is 6.54 Å². The van der Waals surface area contributed by atoms with Gasteiger partial charge in [-0.25, -0.2) is 14.2 Å². The van der Waals surface area contributed by atoms with Crippen LogP contribution in [0, 0.1) is 5.82 Å². The zero-order valence-corrected chi connectivity index (χ0v) is 16.2. The van der Waals surface area contributed by atoms with E-state index < -0.39 is 0 Å². The fourth-order valence-electron chi connectivity index (χ4n) is 3.08. The monoisotopic (exact) mass is 386 g/mol. The Morgan fingerprint density at radius 1 is 1.18 bits per heavy atom. The van der Waals surface area contributed by atoms with Crippen LogP contribution in [0.1, 0.15) is 24.8 Å². The van der Waals surface area contributed by atoms with Crippen molar-refractivity contribution in [2.75, 3.05) is 38.2 Å². The van der Waals surface area contributed by atoms with E-state index in [1.807, 2.05) is 18.3 Å². The zero-order valence-electron chi connectivity index (χ0n) is 16.2. The highest BCUT2D eigenvalue weighted by Crippen LogP contribution is 2.17. The quantitative estimate of drug-likeness (QED) is 0.792. The highest BCUT2D eigenvalue weighted by Gasteiger charge is 2.12. The number of rotatable bonds is 7. The molecule has 1 aliphatic rings. The van der Waals surface area contributed by atoms with E-state index in [2.05, 4.69) is 15.2 Å². The van der Waals surface area contributed by atoms with Crippen LogP contribution in [0.5, 0.6) is 5.75 Å². The van der Waals surface area contributed by atoms with Crippen molar-refractivity contribution in [2.45, 2.75) is 25.8 Å². The van der Waals surface area contributed by atoms with E-state index in [1.54, 1.807) is 24.1 Å². The molecular formula is C21H27FN4O2. The van der Waals surface area contributed by atoms with Crippen LogP contribution in [0.4, 0.5) is 15.0 Å². The van der Waals surface area contributed by atoms with Gasteiger partial charge in [0.2, 0.25) is 0 Å². The van der Waals surface area contributed by atoms with E-state index in [0.717, 1.165) is 24.5 Å². The molecule has 1 aromatic carbocycles. The standard InChI is InChI=1S/C21H27FN4O2/c1-25(13-14-28-19-8-6-18(22)7-9-19)21(27)24-16-17-5-10-20(23-15-17)26-11-3-2-4-12-26/h5-10,15H,2-4,11-14,16H2,1H3,(H,24,27). The van der Waals surface area contributed by atoms with Crippen LogP contribution in [0.15, 0.2) is 42.6 Å². The molecule has 1 saturated heterocycles. The van der Waals surface area contributed by atoms with Gasteiger partial charge in [-0.2, -0.15) is 0 Å². The van der Waals surface area contributed by atoms with Gasteiger partial charge in [0.1, 0.15) is 24.0 Å². The summed E-state index contributed by atoms with van der Waals surface area (Å²) in [5, 5.41) is 2.88. The van der Waals surface area contributed by atoms with Gasteiger partial charge in [0, 0.05) is 32.9 Å². The number of nitrogens with zero attached hydrogens (tertiary/aromatic N) is 3. The van der Waals surface area contributed by atoms with E-state index in [9.17, 15) is 9.18 Å². The third kappa shape index (κ3) is 5.84. The maximum atomic E-state index is 12.9. The second-order valence-electron chi connectivity index (χ2n) is 6.95. The lowest BCUT2D eigenvalue weighted by Crippen LogP contribution is -2.39. The van der Waals surface area contributed by atoms with Crippen molar-refractivity contribution in [2.24, 2.45) is 0 Å². The molecule has 1 aromatic heterocycles. The minimum Gasteiger partial charge on any atom is -0.492 e. The Kier molecular flexibility index (Phi) is 7.06. The molecule has 0 saturated carbocycles. The predicted molar refractivity (Wildman–Crippen MR) is 107 cm³/mol. The van der Waals surface area contributed by atoms with E-state index >= 15 is 0 Å². The van der Waals surface area contributed by atoms with Crippen molar-refractivity contribution < 1.29 is 13.9 Å². The van der Waals surface area contributed by atoms with Gasteiger partial charge < -0.3 is 19.9 Å². The van der Waals surface area contributed by atoms with Crippen LogP contribution < -0.4 is 15.0 Å². The Morgan fingerprint density at radius 3 is 2.61 bits per heavy atom. The number of ether oxygens (including phenoxy) is 1. The van der Waals surface area contributed by atoms with Crippen LogP contribution in [-0.4, -0.2) is 49.2 Å². The van der Waals surface area contributed by atoms with Crippen LogP contribution >= 0.6 is 0 Å². The summed E-state index contributed by atoms with van der Waals surface area (Å²) >= 11 is 0. The van der Waals surface area contributed by atoms with Gasteiger partial charge in [-0.15, -0.1) is 0 Å². The van der Waals surface area contributed by atoms with E-state index in [1.165, 1.54) is 31.4 Å². The number of amides is 2. The normalized spacial score (nSPS) is 13.9. The highest BCUT2D eigenvalue weighted by molar-refractivity contribution is 5.73. The molecule has 150 valence electrons. The number of carbonyl (C=O) groups is 1. The van der Waals surface area contributed by atoms with Crippen molar-refractivity contribution in [3.05, 3.63) is 54.0 Å². The summed E-state index contributed by atoms with van der Waals surface area (Å²) in [6, 6.07) is 9.67. The van der Waals surface area contributed by atoms with Crippen LogP contribution in [0.2, 0.25) is 0 Å². The Balaban J connectivity index is 1.38. The van der Waals surface area contributed by atoms with Gasteiger partial charge >= 0.3 is 6.03 Å². The number of hydrogen-bond acceptors (Lipinski definition) is 4. The molecule has 2 aromatic rings. The average Bonchev–Trinajstić information content (AvgIpc) is 2.74. The number of aromatic nitrogens is 1. The topological polar surface area (TPSA) is 57.7 Å². The molecule has 0 unspecified atom stereocenters. The lowest BCUT2D eigenvalue weighted by molar-refractivity contribution is 0.195. The fourth-order valence-corrected chi connectivity index (χ4v) is 3.08. The highest BCUT2D eigenvalue weighted by atomic mass is 19.1. The van der Waals surface area contributed by atoms with Crippen LogP contribution in [0.25, 0.3) is 0 Å². The van der Waals surface area contributed by atoms with E-state index in [-0.39, 0.29) is 11.8 Å². The smallest absolute Gasteiger partial charge is 0.317 e. The molecule has 0 bridgehead atoms. The molecule has 1 fully saturated rings. The first-order valence-corrected chi connectivity index (χ1v) is 9.69. The van der Waals surface area contributed by atoms with Crippen LogP contribution in [0.3, 0.4) is 0 Å². The Bertz CT molecular complexity index is 746. The fraction of sp³-hybridized carbons (Fsp3) is 0.429. The van der Waals surface area contributed by atoms with Gasteiger partial charge in [0.15, 0.2) is 0 Å². The number of halogens is 1. The number of carbonyl (C=O) groups excluding carboxylic acids is 1. The minimum atomic E-state index is -0.303. The Morgan fingerprint density at radius 2 is 1.93 bits per heavy atom. The van der Waals surface area contributed by atoms with Crippen LogP contribution in [-0.2, 0) is 6.54 Å². The van der Waals surface area contributed by atoms with Gasteiger partial charge in [-0.05, 0) is 55.2 Å². The number of nitrogens with one attached hydrogen (secondary N) is 1. The number of piperidine rings is 1. The molecule has 2 amide bonds. The van der Waals surface area contributed by atoms with Crippen molar-refractivity contribution in [1.82, 2.24) is 15.2 Å². The summed E-state index contributed by atoms with van der Waals surface area (Å²) in [6.45, 7) is 3.31. The number of hydrogen-bond donors (Lipinski definition) is 1. The van der Waals surface area contributed by atoms with Crippen molar-refractivity contribution in [1.29, 1.82) is 0 Å². The average molecular weight is 386 g/mol. The second-order valence-corrected chi connectivity index (χ2v) is 6.95. The SMILES string of the molecule is CN(CCOc1ccc(F)cc1)C(=O)NCc1ccc(N2CCCCC2)nc1. The second kappa shape index (κ2) is 9.92. The minimum absolute atomic E-state index is 0.178. The summed E-state index contributed by atoms with van der Waals surface area (Å²) in [7, 11) is 1.71. The van der Waals surface area contributed by atoms with Gasteiger partial charge in [-0.1, -0.05) is 6.07 Å². The van der Waals surface area contributed by atoms with E-state index in [0.29, 0.717) is 25.4 Å². The Hall–Kier alpha value is -2.83. The maximum absolute atomic E-state index is 12.9. The summed E-state index contributed by atoms with van der Waals surface area (Å²) in [4.78, 5) is 20.6.